The van der Waals surface area contributed by atoms with Gasteiger partial charge < -0.3 is 15.0 Å². The Balaban J connectivity index is 1.93. The number of nitrogens with zero attached hydrogens (tertiary/aromatic N) is 1. The summed E-state index contributed by atoms with van der Waals surface area (Å²) in [6, 6.07) is 15.6. The van der Waals surface area contributed by atoms with Crippen LogP contribution in [-0.2, 0) is 6.61 Å². The molecule has 2 aromatic carbocycles. The van der Waals surface area contributed by atoms with Crippen LogP contribution in [-0.4, -0.2) is 31.1 Å². The Hall–Kier alpha value is -1.84. The molecule has 0 aliphatic carbocycles. The number of nitrogens with one attached hydrogen (secondary N) is 1. The molecule has 2 aromatic rings. The van der Waals surface area contributed by atoms with Crippen LogP contribution in [0.5, 0.6) is 5.75 Å². The molecule has 1 heterocycles. The molecule has 0 radical (unpaired) electrons. The number of hydrogen-bond acceptors (Lipinski definition) is 3. The van der Waals surface area contributed by atoms with Crippen molar-refractivity contribution in [2.45, 2.75) is 52.7 Å². The van der Waals surface area contributed by atoms with E-state index in [2.05, 4.69) is 80.4 Å². The maximum absolute atomic E-state index is 6.19. The molecule has 27 heavy (non-hydrogen) atoms. The average Bonchev–Trinajstić information content (AvgIpc) is 2.87. The highest BCUT2D eigenvalue weighted by Gasteiger charge is 2.25. The minimum atomic E-state index is 0.179. The lowest BCUT2D eigenvalue weighted by atomic mass is 9.90. The quantitative estimate of drug-likeness (QED) is 0.702. The number of benzene rings is 2. The first-order valence-electron chi connectivity index (χ1n) is 10.5. The molecular formula is C24H34N2O. The maximum atomic E-state index is 6.19. The van der Waals surface area contributed by atoms with Crippen molar-refractivity contribution in [3.63, 3.8) is 0 Å². The fourth-order valence-electron chi connectivity index (χ4n) is 3.86. The summed E-state index contributed by atoms with van der Waals surface area (Å²) in [6.07, 6.45) is 1.15. The van der Waals surface area contributed by atoms with Gasteiger partial charge in [0.15, 0.2) is 0 Å². The molecule has 146 valence electrons. The molecule has 0 bridgehead atoms. The zero-order valence-electron chi connectivity index (χ0n) is 17.3. The molecule has 3 rings (SSSR count). The predicted octanol–water partition coefficient (Wildman–Crippen LogP) is 5.11. The second-order valence-corrected chi connectivity index (χ2v) is 7.51. The smallest absolute Gasteiger partial charge is 0.124 e. The van der Waals surface area contributed by atoms with Crippen LogP contribution in [0.1, 0.15) is 68.3 Å². The highest BCUT2D eigenvalue weighted by atomic mass is 16.5. The van der Waals surface area contributed by atoms with Gasteiger partial charge in [0.1, 0.15) is 12.4 Å². The molecule has 0 saturated carbocycles. The Kier molecular flexibility index (Phi) is 6.92. The van der Waals surface area contributed by atoms with Gasteiger partial charge in [0.05, 0.1) is 6.04 Å². The molecule has 1 aliphatic heterocycles. The first-order chi connectivity index (χ1) is 13.2. The van der Waals surface area contributed by atoms with Crippen molar-refractivity contribution in [3.8, 4) is 5.75 Å². The molecule has 0 fully saturated rings. The SMILES string of the molecule is CCC(C)c1ccc2c(c1)C(NCCN(CC)CC)c1ccccc1CO2. The zero-order valence-corrected chi connectivity index (χ0v) is 17.3. The lowest BCUT2D eigenvalue weighted by Crippen LogP contribution is -2.34. The molecule has 0 amide bonds. The highest BCUT2D eigenvalue weighted by Crippen LogP contribution is 2.37. The second kappa shape index (κ2) is 9.38. The molecule has 0 aromatic heterocycles. The Bertz CT molecular complexity index is 739. The van der Waals surface area contributed by atoms with Crippen LogP contribution in [0.3, 0.4) is 0 Å². The van der Waals surface area contributed by atoms with E-state index in [-0.39, 0.29) is 6.04 Å². The third kappa shape index (κ3) is 4.53. The van der Waals surface area contributed by atoms with E-state index in [4.69, 9.17) is 4.74 Å². The van der Waals surface area contributed by atoms with E-state index < -0.39 is 0 Å². The summed E-state index contributed by atoms with van der Waals surface area (Å²) < 4.78 is 6.19. The molecular weight excluding hydrogens is 332 g/mol. The van der Waals surface area contributed by atoms with E-state index in [9.17, 15) is 0 Å². The molecule has 1 N–H and O–H groups in total. The number of fused-ring (bicyclic) bond motifs is 2. The van der Waals surface area contributed by atoms with Gasteiger partial charge >= 0.3 is 0 Å². The van der Waals surface area contributed by atoms with Gasteiger partial charge in [-0.25, -0.2) is 0 Å². The van der Waals surface area contributed by atoms with Gasteiger partial charge in [-0.15, -0.1) is 0 Å². The lowest BCUT2D eigenvalue weighted by molar-refractivity contribution is 0.298. The van der Waals surface area contributed by atoms with Crippen molar-refractivity contribution in [1.82, 2.24) is 10.2 Å². The van der Waals surface area contributed by atoms with E-state index in [0.29, 0.717) is 12.5 Å². The second-order valence-electron chi connectivity index (χ2n) is 7.51. The molecule has 0 saturated heterocycles. The van der Waals surface area contributed by atoms with E-state index in [1.807, 2.05) is 0 Å². The third-order valence-electron chi connectivity index (χ3n) is 5.95. The van der Waals surface area contributed by atoms with Crippen molar-refractivity contribution in [1.29, 1.82) is 0 Å². The van der Waals surface area contributed by atoms with Crippen LogP contribution in [0.25, 0.3) is 0 Å². The monoisotopic (exact) mass is 366 g/mol. The lowest BCUT2D eigenvalue weighted by Gasteiger charge is -2.24. The van der Waals surface area contributed by atoms with Gasteiger partial charge in [-0.3, -0.25) is 0 Å². The predicted molar refractivity (Wildman–Crippen MR) is 114 cm³/mol. The minimum Gasteiger partial charge on any atom is -0.489 e. The van der Waals surface area contributed by atoms with Gasteiger partial charge in [-0.1, -0.05) is 58.0 Å². The Morgan fingerprint density at radius 2 is 1.85 bits per heavy atom. The molecule has 1 aliphatic rings. The van der Waals surface area contributed by atoms with E-state index in [0.717, 1.165) is 38.3 Å². The number of likely N-dealkylation sites (N-methyl/N-ethyl adjacent to an activating group) is 1. The molecule has 3 heteroatoms. The van der Waals surface area contributed by atoms with E-state index in [1.165, 1.54) is 22.3 Å². The highest BCUT2D eigenvalue weighted by molar-refractivity contribution is 5.48. The summed E-state index contributed by atoms with van der Waals surface area (Å²) in [7, 11) is 0. The van der Waals surface area contributed by atoms with Crippen LogP contribution < -0.4 is 10.1 Å². The first-order valence-corrected chi connectivity index (χ1v) is 10.5. The fraction of sp³-hybridized carbons (Fsp3) is 0.500. The number of hydrogen-bond donors (Lipinski definition) is 1. The molecule has 2 atom stereocenters. The van der Waals surface area contributed by atoms with Gasteiger partial charge in [-0.2, -0.15) is 0 Å². The molecule has 2 unspecified atom stereocenters. The van der Waals surface area contributed by atoms with Crippen molar-refractivity contribution < 1.29 is 4.74 Å². The topological polar surface area (TPSA) is 24.5 Å². The summed E-state index contributed by atoms with van der Waals surface area (Å²) in [4.78, 5) is 2.46. The average molecular weight is 367 g/mol. The maximum Gasteiger partial charge on any atom is 0.124 e. The van der Waals surface area contributed by atoms with Crippen LogP contribution >= 0.6 is 0 Å². The zero-order chi connectivity index (χ0) is 19.2. The standard InChI is InChI=1S/C24H34N2O/c1-5-18(4)19-12-13-23-22(16-19)24(25-14-15-26(6-2)7-3)21-11-9-8-10-20(21)17-27-23/h8-13,16,18,24-25H,5-7,14-15,17H2,1-4H3. The van der Waals surface area contributed by atoms with Crippen molar-refractivity contribution in [3.05, 3.63) is 64.7 Å². The van der Waals surface area contributed by atoms with E-state index in [1.54, 1.807) is 0 Å². The molecule has 0 spiro atoms. The van der Waals surface area contributed by atoms with E-state index >= 15 is 0 Å². The van der Waals surface area contributed by atoms with Crippen LogP contribution in [0.4, 0.5) is 0 Å². The normalized spacial score (nSPS) is 17.0. The Labute approximate surface area is 164 Å². The Morgan fingerprint density at radius 1 is 1.07 bits per heavy atom. The van der Waals surface area contributed by atoms with Crippen molar-refractivity contribution >= 4 is 0 Å². The number of ether oxygens (including phenoxy) is 1. The largest absolute Gasteiger partial charge is 0.489 e. The minimum absolute atomic E-state index is 0.179. The first kappa shape index (κ1) is 19.9. The Morgan fingerprint density at radius 3 is 2.59 bits per heavy atom. The van der Waals surface area contributed by atoms with Crippen LogP contribution in [0.2, 0.25) is 0 Å². The van der Waals surface area contributed by atoms with Gasteiger partial charge in [-0.05, 0) is 54.3 Å². The summed E-state index contributed by atoms with van der Waals surface area (Å²) in [5.41, 5.74) is 5.29. The summed E-state index contributed by atoms with van der Waals surface area (Å²) in [6.45, 7) is 13.9. The van der Waals surface area contributed by atoms with Gasteiger partial charge in [0.2, 0.25) is 0 Å². The van der Waals surface area contributed by atoms with Crippen molar-refractivity contribution in [2.75, 3.05) is 26.2 Å². The van der Waals surface area contributed by atoms with Crippen LogP contribution in [0, 0.1) is 0 Å². The molecule has 3 nitrogen and oxygen atoms in total. The summed E-state index contributed by atoms with van der Waals surface area (Å²) in [5, 5.41) is 3.84. The summed E-state index contributed by atoms with van der Waals surface area (Å²) >= 11 is 0. The van der Waals surface area contributed by atoms with Gasteiger partial charge in [0.25, 0.3) is 0 Å². The number of rotatable bonds is 8. The van der Waals surface area contributed by atoms with Gasteiger partial charge in [0, 0.05) is 18.7 Å². The third-order valence-corrected chi connectivity index (χ3v) is 5.95. The fourth-order valence-corrected chi connectivity index (χ4v) is 3.86. The van der Waals surface area contributed by atoms with Crippen molar-refractivity contribution in [2.24, 2.45) is 0 Å². The van der Waals surface area contributed by atoms with Crippen LogP contribution in [0.15, 0.2) is 42.5 Å². The summed E-state index contributed by atoms with van der Waals surface area (Å²) in [5.74, 6) is 1.57.